The number of hydrogen-bond acceptors (Lipinski definition) is 4. The first-order valence-corrected chi connectivity index (χ1v) is 6.97. The van der Waals surface area contributed by atoms with Crippen LogP contribution in [0.15, 0.2) is 0 Å². The van der Waals surface area contributed by atoms with Crippen molar-refractivity contribution in [2.24, 2.45) is 0 Å². The van der Waals surface area contributed by atoms with E-state index in [9.17, 15) is 0 Å². The Hall–Kier alpha value is -0.160. The Kier molecular flexibility index (Phi) is 5.59. The van der Waals surface area contributed by atoms with Gasteiger partial charge in [0, 0.05) is 25.8 Å². The van der Waals surface area contributed by atoms with Crippen molar-refractivity contribution in [3.63, 3.8) is 0 Å². The summed E-state index contributed by atoms with van der Waals surface area (Å²) in [5.41, 5.74) is -0.208. The van der Waals surface area contributed by atoms with E-state index in [4.69, 9.17) is 14.2 Å². The summed E-state index contributed by atoms with van der Waals surface area (Å²) < 4.78 is 17.1. The Morgan fingerprint density at radius 1 is 1.17 bits per heavy atom. The van der Waals surface area contributed by atoms with E-state index in [1.54, 1.807) is 0 Å². The fraction of sp³-hybridized carbons (Fsp3) is 1.00. The number of ether oxygens (including phenoxy) is 3. The molecule has 0 aromatic heterocycles. The molecule has 4 heteroatoms. The second-order valence-electron chi connectivity index (χ2n) is 5.97. The molecular weight excluding hydrogens is 230 g/mol. The lowest BCUT2D eigenvalue weighted by atomic mass is 9.94. The number of nitrogens with one attached hydrogen (secondary N) is 1. The summed E-state index contributed by atoms with van der Waals surface area (Å²) in [6, 6.07) is 0.330. The largest absolute Gasteiger partial charge is 0.368 e. The van der Waals surface area contributed by atoms with Crippen LogP contribution in [0.25, 0.3) is 0 Å². The summed E-state index contributed by atoms with van der Waals surface area (Å²) in [5.74, 6) is 0. The fourth-order valence-corrected chi connectivity index (χ4v) is 2.66. The van der Waals surface area contributed by atoms with Crippen molar-refractivity contribution in [1.82, 2.24) is 5.32 Å². The van der Waals surface area contributed by atoms with Crippen LogP contribution in [0.5, 0.6) is 0 Å². The minimum atomic E-state index is -0.167. The van der Waals surface area contributed by atoms with Gasteiger partial charge in [-0.15, -0.1) is 0 Å². The summed E-state index contributed by atoms with van der Waals surface area (Å²) in [6.07, 6.45) is 0.838. The first kappa shape index (κ1) is 15.9. The summed E-state index contributed by atoms with van der Waals surface area (Å²) in [6.45, 7) is 14.6. The number of hydrogen-bond donors (Lipinski definition) is 1. The zero-order valence-corrected chi connectivity index (χ0v) is 12.7. The Morgan fingerprint density at radius 2 is 1.72 bits per heavy atom. The van der Waals surface area contributed by atoms with Crippen molar-refractivity contribution in [2.45, 2.75) is 71.5 Å². The Morgan fingerprint density at radius 3 is 2.11 bits per heavy atom. The van der Waals surface area contributed by atoms with E-state index in [1.807, 2.05) is 13.8 Å². The Balaban J connectivity index is 2.46. The van der Waals surface area contributed by atoms with Crippen LogP contribution >= 0.6 is 0 Å². The van der Waals surface area contributed by atoms with Crippen LogP contribution in [0.2, 0.25) is 0 Å². The molecule has 1 aliphatic heterocycles. The lowest BCUT2D eigenvalue weighted by Crippen LogP contribution is -2.46. The molecule has 1 atom stereocenters. The van der Waals surface area contributed by atoms with Crippen LogP contribution in [0.1, 0.15) is 48.0 Å². The zero-order chi connectivity index (χ0) is 13.8. The highest BCUT2D eigenvalue weighted by Gasteiger charge is 2.45. The van der Waals surface area contributed by atoms with Gasteiger partial charge in [-0.25, -0.2) is 0 Å². The molecule has 0 saturated carbocycles. The van der Waals surface area contributed by atoms with Gasteiger partial charge in [-0.3, -0.25) is 0 Å². The fourth-order valence-electron chi connectivity index (χ4n) is 2.66. The van der Waals surface area contributed by atoms with Gasteiger partial charge in [0.1, 0.15) is 0 Å². The lowest BCUT2D eigenvalue weighted by Gasteiger charge is -2.29. The third-order valence-corrected chi connectivity index (χ3v) is 3.31. The zero-order valence-electron chi connectivity index (χ0n) is 12.7. The van der Waals surface area contributed by atoms with Crippen LogP contribution in [0.3, 0.4) is 0 Å². The molecule has 18 heavy (non-hydrogen) atoms. The monoisotopic (exact) mass is 259 g/mol. The van der Waals surface area contributed by atoms with Crippen LogP contribution < -0.4 is 5.32 Å². The molecular formula is C14H29NO3. The van der Waals surface area contributed by atoms with E-state index in [-0.39, 0.29) is 17.5 Å². The quantitative estimate of drug-likeness (QED) is 0.712. The van der Waals surface area contributed by atoms with Crippen LogP contribution in [0.4, 0.5) is 0 Å². The van der Waals surface area contributed by atoms with Crippen molar-refractivity contribution in [2.75, 3.05) is 19.8 Å². The van der Waals surface area contributed by atoms with Gasteiger partial charge in [-0.2, -0.15) is 0 Å². The molecule has 1 unspecified atom stereocenters. The molecule has 0 spiro atoms. The van der Waals surface area contributed by atoms with Crippen LogP contribution in [-0.2, 0) is 14.2 Å². The maximum atomic E-state index is 6.06. The molecule has 1 rings (SSSR count). The second-order valence-corrected chi connectivity index (χ2v) is 5.97. The van der Waals surface area contributed by atoms with E-state index in [2.05, 4.69) is 33.0 Å². The predicted molar refractivity (Wildman–Crippen MR) is 72.7 cm³/mol. The highest BCUT2D eigenvalue weighted by molar-refractivity contribution is 4.98. The standard InChI is InChI=1S/C14H29NO3/c1-7-16-12(17-8-2)10-15-11-9-13(3,4)18-14(11,5)6/h11-12,15H,7-10H2,1-6H3. The van der Waals surface area contributed by atoms with Gasteiger partial charge in [0.15, 0.2) is 6.29 Å². The van der Waals surface area contributed by atoms with Crippen molar-refractivity contribution in [3.8, 4) is 0 Å². The smallest absolute Gasteiger partial charge is 0.169 e. The van der Waals surface area contributed by atoms with E-state index in [0.29, 0.717) is 25.8 Å². The predicted octanol–water partition coefficient (Wildman–Crippen LogP) is 2.32. The second kappa shape index (κ2) is 6.33. The average molecular weight is 259 g/mol. The molecule has 0 amide bonds. The van der Waals surface area contributed by atoms with Gasteiger partial charge in [-0.1, -0.05) is 0 Å². The minimum Gasteiger partial charge on any atom is -0.368 e. The summed E-state index contributed by atoms with van der Waals surface area (Å²) >= 11 is 0. The lowest BCUT2D eigenvalue weighted by molar-refractivity contribution is -0.135. The van der Waals surface area contributed by atoms with E-state index < -0.39 is 0 Å². The van der Waals surface area contributed by atoms with Crippen LogP contribution in [0, 0.1) is 0 Å². The third-order valence-electron chi connectivity index (χ3n) is 3.31. The number of rotatable bonds is 7. The van der Waals surface area contributed by atoms with E-state index in [1.165, 1.54) is 0 Å². The minimum absolute atomic E-state index is 0.0616. The molecule has 1 heterocycles. The topological polar surface area (TPSA) is 39.7 Å². The molecule has 1 saturated heterocycles. The van der Waals surface area contributed by atoms with Gasteiger partial charge in [0.25, 0.3) is 0 Å². The van der Waals surface area contributed by atoms with Gasteiger partial charge >= 0.3 is 0 Å². The van der Waals surface area contributed by atoms with Gasteiger partial charge in [-0.05, 0) is 48.0 Å². The maximum absolute atomic E-state index is 6.06. The molecule has 0 aliphatic carbocycles. The Labute approximate surface area is 111 Å². The first-order chi connectivity index (χ1) is 8.30. The van der Waals surface area contributed by atoms with Crippen molar-refractivity contribution in [3.05, 3.63) is 0 Å². The molecule has 1 fully saturated rings. The van der Waals surface area contributed by atoms with E-state index in [0.717, 1.165) is 6.42 Å². The molecule has 4 nitrogen and oxygen atoms in total. The highest BCUT2D eigenvalue weighted by atomic mass is 16.7. The Bertz CT molecular complexity index is 247. The van der Waals surface area contributed by atoms with Gasteiger partial charge < -0.3 is 19.5 Å². The SMILES string of the molecule is CCOC(CNC1CC(C)(C)OC1(C)C)OCC. The average Bonchev–Trinajstić information content (AvgIpc) is 2.43. The third kappa shape index (κ3) is 4.50. The summed E-state index contributed by atoms with van der Waals surface area (Å²) in [5, 5.41) is 3.52. The molecule has 1 aliphatic rings. The molecule has 0 radical (unpaired) electrons. The van der Waals surface area contributed by atoms with Gasteiger partial charge in [0.2, 0.25) is 0 Å². The summed E-state index contributed by atoms with van der Waals surface area (Å²) in [4.78, 5) is 0. The molecule has 108 valence electrons. The van der Waals surface area contributed by atoms with Crippen LogP contribution in [-0.4, -0.2) is 43.3 Å². The van der Waals surface area contributed by atoms with E-state index >= 15 is 0 Å². The van der Waals surface area contributed by atoms with Gasteiger partial charge in [0.05, 0.1) is 11.2 Å². The highest BCUT2D eigenvalue weighted by Crippen LogP contribution is 2.37. The van der Waals surface area contributed by atoms with Crippen molar-refractivity contribution >= 4 is 0 Å². The molecule has 0 bridgehead atoms. The maximum Gasteiger partial charge on any atom is 0.169 e. The molecule has 0 aromatic carbocycles. The van der Waals surface area contributed by atoms with Crippen molar-refractivity contribution < 1.29 is 14.2 Å². The first-order valence-electron chi connectivity index (χ1n) is 6.97. The molecule has 0 aromatic rings. The normalized spacial score (nSPS) is 25.8. The summed E-state index contributed by atoms with van der Waals surface area (Å²) in [7, 11) is 0. The van der Waals surface area contributed by atoms with Crippen molar-refractivity contribution in [1.29, 1.82) is 0 Å². The molecule has 1 N–H and O–H groups in total.